The van der Waals surface area contributed by atoms with Crippen molar-refractivity contribution in [3.8, 4) is 0 Å². The van der Waals surface area contributed by atoms with Crippen LogP contribution in [0.2, 0.25) is 0 Å². The lowest BCUT2D eigenvalue weighted by molar-refractivity contribution is 0.322. The Morgan fingerprint density at radius 2 is 1.90 bits per heavy atom. The van der Waals surface area contributed by atoms with E-state index in [4.69, 9.17) is 0 Å². The highest BCUT2D eigenvalue weighted by atomic mass is 32.1. The minimum atomic E-state index is 0.528. The number of nitrogens with zero attached hydrogens (tertiary/aromatic N) is 1. The number of hydrogen-bond donors (Lipinski definition) is 1. The van der Waals surface area contributed by atoms with E-state index in [1.165, 1.54) is 16.0 Å². The summed E-state index contributed by atoms with van der Waals surface area (Å²) < 4.78 is 0. The fourth-order valence-corrected chi connectivity index (χ4v) is 2.98. The Kier molecular flexibility index (Phi) is 5.77. The average molecular weight is 288 g/mol. The van der Waals surface area contributed by atoms with Crippen molar-refractivity contribution in [3.05, 3.63) is 57.8 Å². The molecule has 20 heavy (non-hydrogen) atoms. The first kappa shape index (κ1) is 15.2. The molecular weight excluding hydrogens is 264 g/mol. The van der Waals surface area contributed by atoms with Crippen molar-refractivity contribution in [2.45, 2.75) is 39.5 Å². The van der Waals surface area contributed by atoms with Gasteiger partial charge in [0.15, 0.2) is 0 Å². The van der Waals surface area contributed by atoms with Crippen LogP contribution in [0.4, 0.5) is 0 Å². The largest absolute Gasteiger partial charge is 0.310 e. The summed E-state index contributed by atoms with van der Waals surface area (Å²) in [5.41, 5.74) is 2.74. The van der Waals surface area contributed by atoms with Gasteiger partial charge in [-0.2, -0.15) is 0 Å². The third-order valence-electron chi connectivity index (χ3n) is 3.16. The summed E-state index contributed by atoms with van der Waals surface area (Å²) in [6, 6.07) is 13.7. The van der Waals surface area contributed by atoms with E-state index in [-0.39, 0.29) is 0 Å². The van der Waals surface area contributed by atoms with Crippen LogP contribution in [0.25, 0.3) is 0 Å². The number of thiophene rings is 1. The van der Waals surface area contributed by atoms with Gasteiger partial charge >= 0.3 is 0 Å². The van der Waals surface area contributed by atoms with Crippen LogP contribution in [-0.2, 0) is 19.6 Å². The van der Waals surface area contributed by atoms with Crippen molar-refractivity contribution in [2.24, 2.45) is 0 Å². The highest BCUT2D eigenvalue weighted by Crippen LogP contribution is 2.14. The van der Waals surface area contributed by atoms with E-state index < -0.39 is 0 Å². The van der Waals surface area contributed by atoms with Crippen molar-refractivity contribution >= 4 is 11.3 Å². The van der Waals surface area contributed by atoms with Crippen molar-refractivity contribution < 1.29 is 0 Å². The lowest BCUT2D eigenvalue weighted by Crippen LogP contribution is -2.22. The van der Waals surface area contributed by atoms with E-state index in [0.717, 1.165) is 19.6 Å². The Bertz CT molecular complexity index is 505. The van der Waals surface area contributed by atoms with Crippen molar-refractivity contribution in [3.63, 3.8) is 0 Å². The van der Waals surface area contributed by atoms with Gasteiger partial charge < -0.3 is 5.32 Å². The van der Waals surface area contributed by atoms with Crippen molar-refractivity contribution in [1.82, 2.24) is 10.2 Å². The van der Waals surface area contributed by atoms with E-state index in [1.54, 1.807) is 0 Å². The molecule has 3 heteroatoms. The number of hydrogen-bond acceptors (Lipinski definition) is 3. The molecule has 0 aliphatic heterocycles. The molecule has 0 fully saturated rings. The van der Waals surface area contributed by atoms with Crippen LogP contribution in [0, 0.1) is 0 Å². The zero-order chi connectivity index (χ0) is 14.4. The molecule has 1 aromatic carbocycles. The fourth-order valence-electron chi connectivity index (χ4n) is 2.20. The molecule has 0 amide bonds. The second-order valence-corrected chi connectivity index (χ2v) is 6.64. The summed E-state index contributed by atoms with van der Waals surface area (Å²) in [6.07, 6.45) is 0. The Morgan fingerprint density at radius 3 is 2.60 bits per heavy atom. The normalized spacial score (nSPS) is 11.4. The van der Waals surface area contributed by atoms with Gasteiger partial charge in [0, 0.05) is 30.6 Å². The summed E-state index contributed by atoms with van der Waals surface area (Å²) >= 11 is 1.82. The highest BCUT2D eigenvalue weighted by Gasteiger charge is 2.04. The van der Waals surface area contributed by atoms with E-state index in [9.17, 15) is 0 Å². The maximum absolute atomic E-state index is 3.47. The Hall–Kier alpha value is -1.16. The molecule has 1 heterocycles. The highest BCUT2D eigenvalue weighted by molar-refractivity contribution is 7.09. The van der Waals surface area contributed by atoms with E-state index >= 15 is 0 Å². The predicted molar refractivity (Wildman–Crippen MR) is 87.9 cm³/mol. The van der Waals surface area contributed by atoms with Gasteiger partial charge in [0.1, 0.15) is 0 Å². The van der Waals surface area contributed by atoms with Gasteiger partial charge in [-0.3, -0.25) is 4.90 Å². The third-order valence-corrected chi connectivity index (χ3v) is 4.03. The minimum Gasteiger partial charge on any atom is -0.310 e. The monoisotopic (exact) mass is 288 g/mol. The van der Waals surface area contributed by atoms with Crippen molar-refractivity contribution in [2.75, 3.05) is 7.05 Å². The maximum atomic E-state index is 3.47. The van der Waals surface area contributed by atoms with Crippen LogP contribution in [0.3, 0.4) is 0 Å². The Labute approximate surface area is 126 Å². The lowest BCUT2D eigenvalue weighted by atomic mass is 10.1. The second kappa shape index (κ2) is 7.58. The van der Waals surface area contributed by atoms with Gasteiger partial charge in [-0.15, -0.1) is 11.3 Å². The third kappa shape index (κ3) is 5.08. The quantitative estimate of drug-likeness (QED) is 0.832. The van der Waals surface area contributed by atoms with Gasteiger partial charge in [0.2, 0.25) is 0 Å². The fraction of sp³-hybridized carbons (Fsp3) is 0.412. The molecule has 0 radical (unpaired) electrons. The van der Waals surface area contributed by atoms with Crippen molar-refractivity contribution in [1.29, 1.82) is 0 Å². The molecule has 108 valence electrons. The van der Waals surface area contributed by atoms with Gasteiger partial charge in [-0.05, 0) is 29.6 Å². The van der Waals surface area contributed by atoms with Crippen LogP contribution in [-0.4, -0.2) is 18.0 Å². The molecule has 0 atom stereocenters. The summed E-state index contributed by atoms with van der Waals surface area (Å²) in [6.45, 7) is 7.32. The SMILES string of the molecule is CC(C)NCc1cccc(CN(C)Cc2cccs2)c1. The van der Waals surface area contributed by atoms with E-state index in [1.807, 2.05) is 11.3 Å². The summed E-state index contributed by atoms with van der Waals surface area (Å²) in [7, 11) is 2.18. The topological polar surface area (TPSA) is 15.3 Å². The number of nitrogens with one attached hydrogen (secondary N) is 1. The minimum absolute atomic E-state index is 0.528. The average Bonchev–Trinajstić information content (AvgIpc) is 2.89. The molecule has 0 saturated heterocycles. The lowest BCUT2D eigenvalue weighted by Gasteiger charge is -2.16. The van der Waals surface area contributed by atoms with Gasteiger partial charge in [0.05, 0.1) is 0 Å². The van der Waals surface area contributed by atoms with E-state index in [2.05, 4.69) is 72.9 Å². The standard InChI is InChI=1S/C17H24N2S/c1-14(2)18-11-15-6-4-7-16(10-15)12-19(3)13-17-8-5-9-20-17/h4-10,14,18H,11-13H2,1-3H3. The van der Waals surface area contributed by atoms with Crippen LogP contribution >= 0.6 is 11.3 Å². The molecule has 0 spiro atoms. The predicted octanol–water partition coefficient (Wildman–Crippen LogP) is 3.88. The molecule has 0 bridgehead atoms. The molecule has 0 unspecified atom stereocenters. The number of rotatable bonds is 7. The Balaban J connectivity index is 1.90. The molecule has 0 saturated carbocycles. The zero-order valence-corrected chi connectivity index (χ0v) is 13.4. The van der Waals surface area contributed by atoms with Gasteiger partial charge in [0.25, 0.3) is 0 Å². The molecule has 2 nitrogen and oxygen atoms in total. The first-order valence-electron chi connectivity index (χ1n) is 7.15. The smallest absolute Gasteiger partial charge is 0.0328 e. The Morgan fingerprint density at radius 1 is 1.10 bits per heavy atom. The molecule has 2 rings (SSSR count). The zero-order valence-electron chi connectivity index (χ0n) is 12.6. The first-order valence-corrected chi connectivity index (χ1v) is 8.03. The van der Waals surface area contributed by atoms with Crippen LogP contribution in [0.1, 0.15) is 29.9 Å². The molecule has 1 N–H and O–H groups in total. The van der Waals surface area contributed by atoms with Crippen LogP contribution in [0.5, 0.6) is 0 Å². The summed E-state index contributed by atoms with van der Waals surface area (Å²) in [5.74, 6) is 0. The van der Waals surface area contributed by atoms with Crippen LogP contribution in [0.15, 0.2) is 41.8 Å². The van der Waals surface area contributed by atoms with Gasteiger partial charge in [-0.25, -0.2) is 0 Å². The van der Waals surface area contributed by atoms with Crippen LogP contribution < -0.4 is 5.32 Å². The maximum Gasteiger partial charge on any atom is 0.0328 e. The summed E-state index contributed by atoms with van der Waals surface area (Å²) in [4.78, 5) is 3.78. The van der Waals surface area contributed by atoms with Gasteiger partial charge in [-0.1, -0.05) is 44.2 Å². The first-order chi connectivity index (χ1) is 9.63. The number of benzene rings is 1. The molecule has 0 aliphatic carbocycles. The van der Waals surface area contributed by atoms with E-state index in [0.29, 0.717) is 6.04 Å². The molecule has 2 aromatic rings. The second-order valence-electron chi connectivity index (χ2n) is 5.61. The summed E-state index contributed by atoms with van der Waals surface area (Å²) in [5, 5.41) is 5.61. The molecule has 1 aromatic heterocycles. The molecular formula is C17H24N2S. The molecule has 0 aliphatic rings.